The molecule has 0 bridgehead atoms. The maximum atomic E-state index is 12.2. The molecule has 0 aromatic heterocycles. The lowest BCUT2D eigenvalue weighted by Crippen LogP contribution is -2.49. The summed E-state index contributed by atoms with van der Waals surface area (Å²) in [6.07, 6.45) is -7.51. The zero-order valence-electron chi connectivity index (χ0n) is 5.17. The summed E-state index contributed by atoms with van der Waals surface area (Å²) in [7, 11) is -6.13. The van der Waals surface area contributed by atoms with Gasteiger partial charge in [-0.25, -0.2) is 4.39 Å². The van der Waals surface area contributed by atoms with Crippen molar-refractivity contribution >= 4 is 16.4 Å². The summed E-state index contributed by atoms with van der Waals surface area (Å²) in [4.78, 5) is 9.49. The Morgan fingerprint density at radius 3 is 1.50 bits per heavy atom. The molecule has 4 nitrogen and oxygen atoms in total. The van der Waals surface area contributed by atoms with E-state index in [4.69, 9.17) is 4.55 Å². The van der Waals surface area contributed by atoms with Crippen LogP contribution in [0.5, 0.6) is 0 Å². The van der Waals surface area contributed by atoms with Gasteiger partial charge in [-0.05, 0) is 0 Å². The molecule has 0 heterocycles. The number of carbonyl (C=O) groups excluding carboxylic acids is 1. The summed E-state index contributed by atoms with van der Waals surface area (Å²) in [6.45, 7) is 0. The van der Waals surface area contributed by atoms with E-state index in [1.807, 2.05) is 0 Å². The van der Waals surface area contributed by atoms with Crippen LogP contribution in [-0.2, 0) is 14.9 Å². The van der Waals surface area contributed by atoms with Crippen LogP contribution in [0.1, 0.15) is 0 Å². The summed E-state index contributed by atoms with van der Waals surface area (Å²) >= 11 is 0. The Labute approximate surface area is 63.9 Å². The van der Waals surface area contributed by atoms with Crippen molar-refractivity contribution in [2.75, 3.05) is 0 Å². The molecule has 0 saturated heterocycles. The third-order valence-corrected chi connectivity index (χ3v) is 1.99. The van der Waals surface area contributed by atoms with Gasteiger partial charge >= 0.3 is 21.3 Å². The molecule has 1 unspecified atom stereocenters. The molecule has 1 atom stereocenters. The van der Waals surface area contributed by atoms with E-state index in [-0.39, 0.29) is 0 Å². The minimum absolute atomic E-state index is 1.53. The fraction of sp³-hybridized carbons (Fsp3) is 0.667. The molecular weight excluding hydrogens is 208 g/mol. The van der Waals surface area contributed by atoms with Crippen LogP contribution in [0.4, 0.5) is 17.6 Å². The van der Waals surface area contributed by atoms with E-state index < -0.39 is 27.6 Å². The van der Waals surface area contributed by atoms with E-state index in [0.717, 1.165) is 0 Å². The van der Waals surface area contributed by atoms with Crippen molar-refractivity contribution < 1.29 is 35.3 Å². The van der Waals surface area contributed by atoms with Gasteiger partial charge in [0.1, 0.15) is 0 Å². The molecule has 0 amide bonds. The number of halogens is 4. The maximum Gasteiger partial charge on any atom is 0.447 e. The smallest absolute Gasteiger partial charge is 0.298 e. The molecule has 0 rings (SSSR count). The van der Waals surface area contributed by atoms with Crippen molar-refractivity contribution in [2.24, 2.45) is 0 Å². The monoisotopic (exact) mass is 210 g/mol. The Hall–Kier alpha value is -0.700. The van der Waals surface area contributed by atoms with Crippen molar-refractivity contribution in [1.29, 1.82) is 0 Å². The summed E-state index contributed by atoms with van der Waals surface area (Å²) in [5, 5.41) is -5.24. The average molecular weight is 210 g/mol. The van der Waals surface area contributed by atoms with Crippen molar-refractivity contribution in [2.45, 2.75) is 11.2 Å². The molecular formula is C3H2F4O4S. The molecule has 72 valence electrons. The van der Waals surface area contributed by atoms with Crippen LogP contribution in [0.25, 0.3) is 0 Å². The van der Waals surface area contributed by atoms with Crippen LogP contribution in [-0.4, -0.2) is 30.4 Å². The molecule has 0 aliphatic carbocycles. The van der Waals surface area contributed by atoms with E-state index >= 15 is 0 Å². The second-order valence-corrected chi connectivity index (χ2v) is 3.28. The Balaban J connectivity index is 5.40. The maximum absolute atomic E-state index is 12.2. The van der Waals surface area contributed by atoms with Crippen molar-refractivity contribution in [3.8, 4) is 0 Å². The highest BCUT2D eigenvalue weighted by molar-refractivity contribution is 7.87. The number of rotatable bonds is 2. The molecule has 0 saturated carbocycles. The Morgan fingerprint density at radius 2 is 1.50 bits per heavy atom. The van der Waals surface area contributed by atoms with Gasteiger partial charge in [-0.2, -0.15) is 21.6 Å². The fourth-order valence-electron chi connectivity index (χ4n) is 0.274. The molecule has 1 N–H and O–H groups in total. The molecule has 9 heteroatoms. The molecule has 0 spiro atoms. The molecule has 12 heavy (non-hydrogen) atoms. The van der Waals surface area contributed by atoms with Crippen LogP contribution in [0.2, 0.25) is 0 Å². The zero-order valence-corrected chi connectivity index (χ0v) is 5.99. The van der Waals surface area contributed by atoms with Gasteiger partial charge in [0.25, 0.3) is 0 Å². The summed E-state index contributed by atoms with van der Waals surface area (Å²) in [5.74, 6) is 0. The van der Waals surface area contributed by atoms with Crippen LogP contribution in [0.3, 0.4) is 0 Å². The fourth-order valence-corrected chi connectivity index (χ4v) is 0.688. The van der Waals surface area contributed by atoms with Crippen LogP contribution in [0.15, 0.2) is 0 Å². The van der Waals surface area contributed by atoms with Gasteiger partial charge in [0, 0.05) is 0 Å². The third kappa shape index (κ3) is 1.55. The van der Waals surface area contributed by atoms with Crippen LogP contribution >= 0.6 is 0 Å². The highest BCUT2D eigenvalue weighted by atomic mass is 32.2. The molecule has 0 aromatic carbocycles. The largest absolute Gasteiger partial charge is 0.447 e. The van der Waals surface area contributed by atoms with Gasteiger partial charge in [0.15, 0.2) is 6.29 Å². The summed E-state index contributed by atoms with van der Waals surface area (Å²) in [6, 6.07) is 0. The van der Waals surface area contributed by atoms with Gasteiger partial charge in [-0.1, -0.05) is 0 Å². The van der Waals surface area contributed by atoms with E-state index in [0.29, 0.717) is 0 Å². The van der Waals surface area contributed by atoms with Gasteiger partial charge in [0.05, 0.1) is 0 Å². The summed E-state index contributed by atoms with van der Waals surface area (Å²) < 4.78 is 73.8. The Kier molecular flexibility index (Phi) is 2.50. The number of hydrogen-bond donors (Lipinski definition) is 1. The average Bonchev–Trinajstić information content (AvgIpc) is 1.81. The number of hydrogen-bond acceptors (Lipinski definition) is 3. The highest BCUT2D eigenvalue weighted by Crippen LogP contribution is 2.36. The topological polar surface area (TPSA) is 71.4 Å². The van der Waals surface area contributed by atoms with E-state index in [1.165, 1.54) is 0 Å². The van der Waals surface area contributed by atoms with Gasteiger partial charge < -0.3 is 0 Å². The van der Waals surface area contributed by atoms with Crippen LogP contribution < -0.4 is 0 Å². The zero-order chi connectivity index (χ0) is 10.2. The van der Waals surface area contributed by atoms with E-state index in [2.05, 4.69) is 0 Å². The second kappa shape index (κ2) is 2.66. The predicted molar refractivity (Wildman–Crippen MR) is 27.5 cm³/mol. The van der Waals surface area contributed by atoms with Crippen molar-refractivity contribution in [3.63, 3.8) is 0 Å². The lowest BCUT2D eigenvalue weighted by atomic mass is 10.4. The minimum atomic E-state index is -6.13. The standard InChI is InChI=1S/C3H2F4O4S/c4-2(1-8,3(5,6)7)12(9,10)11/h1H,(H,9,10,11). The SMILES string of the molecule is O=CC(F)(C(F)(F)F)S(=O)(=O)O. The highest BCUT2D eigenvalue weighted by Gasteiger charge is 2.66. The lowest BCUT2D eigenvalue weighted by molar-refractivity contribution is -0.193. The van der Waals surface area contributed by atoms with Crippen molar-refractivity contribution in [3.05, 3.63) is 0 Å². The molecule has 0 aliphatic rings. The van der Waals surface area contributed by atoms with E-state index in [9.17, 15) is 30.8 Å². The second-order valence-electron chi connectivity index (χ2n) is 1.74. The predicted octanol–water partition coefficient (Wildman–Crippen LogP) is 0.301. The Morgan fingerprint density at radius 1 is 1.17 bits per heavy atom. The molecule has 0 aliphatic heterocycles. The molecule has 0 aromatic rings. The van der Waals surface area contributed by atoms with Gasteiger partial charge in [-0.3, -0.25) is 9.35 Å². The van der Waals surface area contributed by atoms with Gasteiger partial charge in [-0.15, -0.1) is 0 Å². The van der Waals surface area contributed by atoms with Crippen molar-refractivity contribution in [1.82, 2.24) is 0 Å². The first-order chi connectivity index (χ1) is 5.06. The lowest BCUT2D eigenvalue weighted by Gasteiger charge is -2.17. The first-order valence-electron chi connectivity index (χ1n) is 2.25. The normalized spacial score (nSPS) is 18.4. The number of carbonyl (C=O) groups is 1. The molecule has 0 radical (unpaired) electrons. The van der Waals surface area contributed by atoms with Gasteiger partial charge in [0.2, 0.25) is 0 Å². The third-order valence-electron chi connectivity index (χ3n) is 0.914. The number of aldehydes is 1. The first kappa shape index (κ1) is 11.3. The minimum Gasteiger partial charge on any atom is -0.298 e. The first-order valence-corrected chi connectivity index (χ1v) is 3.69. The number of alkyl halides is 4. The van der Waals surface area contributed by atoms with Crippen LogP contribution in [0, 0.1) is 0 Å². The summed E-state index contributed by atoms with van der Waals surface area (Å²) in [5.41, 5.74) is 0. The quantitative estimate of drug-likeness (QED) is 0.404. The Bertz CT molecular complexity index is 279. The molecule has 0 fully saturated rings. The van der Waals surface area contributed by atoms with E-state index in [1.54, 1.807) is 0 Å².